The zero-order valence-electron chi connectivity index (χ0n) is 19.5. The molecule has 0 bridgehead atoms. The highest BCUT2D eigenvalue weighted by molar-refractivity contribution is 6.31. The molecule has 6 atom stereocenters. The molecular weight excluding hydrogens is 484 g/mol. The van der Waals surface area contributed by atoms with Crippen molar-refractivity contribution in [3.63, 3.8) is 0 Å². The summed E-state index contributed by atoms with van der Waals surface area (Å²) in [6, 6.07) is 21.0. The molecule has 4 N–H and O–H groups in total. The number of benzene rings is 3. The van der Waals surface area contributed by atoms with E-state index in [4.69, 9.17) is 25.8 Å². The van der Waals surface area contributed by atoms with Crippen LogP contribution in [0.5, 0.6) is 11.5 Å². The van der Waals surface area contributed by atoms with Crippen molar-refractivity contribution in [3.05, 3.63) is 94.0 Å². The van der Waals surface area contributed by atoms with Gasteiger partial charge in [-0.3, -0.25) is 0 Å². The zero-order chi connectivity index (χ0) is 25.2. The van der Waals surface area contributed by atoms with Gasteiger partial charge in [0.25, 0.3) is 0 Å². The van der Waals surface area contributed by atoms with Gasteiger partial charge in [-0.05, 0) is 52.9 Å². The first kappa shape index (κ1) is 25.0. The molecule has 36 heavy (non-hydrogen) atoms. The molecule has 5 rings (SSSR count). The summed E-state index contributed by atoms with van der Waals surface area (Å²) in [5, 5.41) is 40.7. The lowest BCUT2D eigenvalue weighted by Gasteiger charge is -2.40. The van der Waals surface area contributed by atoms with Crippen LogP contribution in [0.3, 0.4) is 0 Å². The van der Waals surface area contributed by atoms with E-state index in [1.165, 1.54) is 5.56 Å². The third-order valence-electron chi connectivity index (χ3n) is 6.76. The SMILES string of the molecule is OC[C@H]1O[C@@H](c2ccc(Cl)c(Cc3ccc(OCC4Cc5ccccc5O4)cc3)c2)[C@H](O)[C@@H](O)[C@@H]1O. The highest BCUT2D eigenvalue weighted by Crippen LogP contribution is 2.34. The topological polar surface area (TPSA) is 109 Å². The van der Waals surface area contributed by atoms with Crippen LogP contribution in [0.4, 0.5) is 0 Å². The van der Waals surface area contributed by atoms with Crippen LogP contribution < -0.4 is 9.47 Å². The minimum atomic E-state index is -1.43. The molecule has 0 spiro atoms. The van der Waals surface area contributed by atoms with Crippen molar-refractivity contribution in [2.75, 3.05) is 13.2 Å². The molecule has 1 unspecified atom stereocenters. The normalized spacial score (nSPS) is 27.4. The number of hydrogen-bond donors (Lipinski definition) is 4. The minimum absolute atomic E-state index is 0.00829. The zero-order valence-corrected chi connectivity index (χ0v) is 20.3. The van der Waals surface area contributed by atoms with E-state index in [-0.39, 0.29) is 6.10 Å². The van der Waals surface area contributed by atoms with E-state index >= 15 is 0 Å². The smallest absolute Gasteiger partial charge is 0.137 e. The van der Waals surface area contributed by atoms with Crippen molar-refractivity contribution in [2.45, 2.75) is 49.5 Å². The molecule has 0 aromatic heterocycles. The number of aliphatic hydroxyl groups is 4. The van der Waals surface area contributed by atoms with Crippen molar-refractivity contribution in [3.8, 4) is 11.5 Å². The lowest BCUT2D eigenvalue weighted by molar-refractivity contribution is -0.231. The Morgan fingerprint density at radius 1 is 0.917 bits per heavy atom. The van der Waals surface area contributed by atoms with Crippen LogP contribution in [0.15, 0.2) is 66.7 Å². The monoisotopic (exact) mass is 512 g/mol. The highest BCUT2D eigenvalue weighted by atomic mass is 35.5. The molecule has 3 aromatic carbocycles. The fourth-order valence-corrected chi connectivity index (χ4v) is 4.93. The van der Waals surface area contributed by atoms with Gasteiger partial charge in [-0.1, -0.05) is 54.1 Å². The lowest BCUT2D eigenvalue weighted by atomic mass is 9.90. The van der Waals surface area contributed by atoms with Gasteiger partial charge in [0.15, 0.2) is 0 Å². The van der Waals surface area contributed by atoms with Gasteiger partial charge in [0.05, 0.1) is 6.61 Å². The molecule has 2 heterocycles. The molecule has 3 aromatic rings. The minimum Gasteiger partial charge on any atom is -0.490 e. The molecular formula is C28H29ClO7. The summed E-state index contributed by atoms with van der Waals surface area (Å²) in [7, 11) is 0. The standard InChI is InChI=1S/C28H29ClO7/c29-22-10-7-18(28-27(33)26(32)25(31)24(14-30)36-28)12-19(22)11-16-5-8-20(9-6-16)34-15-21-13-17-3-1-2-4-23(17)35-21/h1-10,12,21,24-28,30-33H,11,13-15H2/t21?,24-,25-,26+,27-,28+/m1/s1. The third-order valence-corrected chi connectivity index (χ3v) is 7.13. The Hall–Kier alpha value is -2.65. The van der Waals surface area contributed by atoms with Gasteiger partial charge in [-0.25, -0.2) is 0 Å². The van der Waals surface area contributed by atoms with Crippen LogP contribution in [0.25, 0.3) is 0 Å². The van der Waals surface area contributed by atoms with E-state index in [1.807, 2.05) is 48.5 Å². The Morgan fingerprint density at radius 2 is 1.69 bits per heavy atom. The largest absolute Gasteiger partial charge is 0.490 e. The van der Waals surface area contributed by atoms with Gasteiger partial charge in [-0.2, -0.15) is 0 Å². The predicted octanol–water partition coefficient (Wildman–Crippen LogP) is 2.83. The van der Waals surface area contributed by atoms with Gasteiger partial charge in [0.2, 0.25) is 0 Å². The maximum Gasteiger partial charge on any atom is 0.137 e. The van der Waals surface area contributed by atoms with Gasteiger partial charge < -0.3 is 34.6 Å². The van der Waals surface area contributed by atoms with Crippen molar-refractivity contribution in [1.82, 2.24) is 0 Å². The van der Waals surface area contributed by atoms with Crippen LogP contribution in [-0.2, 0) is 17.6 Å². The van der Waals surface area contributed by atoms with Crippen molar-refractivity contribution in [2.24, 2.45) is 0 Å². The molecule has 1 saturated heterocycles. The number of ether oxygens (including phenoxy) is 3. The van der Waals surface area contributed by atoms with Crippen LogP contribution in [0.2, 0.25) is 5.02 Å². The van der Waals surface area contributed by atoms with Crippen LogP contribution in [-0.4, -0.2) is 64.2 Å². The summed E-state index contributed by atoms with van der Waals surface area (Å²) >= 11 is 6.45. The average Bonchev–Trinajstić information content (AvgIpc) is 3.32. The van der Waals surface area contributed by atoms with Gasteiger partial charge >= 0.3 is 0 Å². The first-order valence-corrected chi connectivity index (χ1v) is 12.4. The number of rotatable bonds is 7. The second-order valence-corrected chi connectivity index (χ2v) is 9.69. The van der Waals surface area contributed by atoms with Crippen molar-refractivity contribution >= 4 is 11.6 Å². The molecule has 7 nitrogen and oxygen atoms in total. The van der Waals surface area contributed by atoms with Crippen LogP contribution >= 0.6 is 11.6 Å². The van der Waals surface area contributed by atoms with E-state index < -0.39 is 37.1 Å². The summed E-state index contributed by atoms with van der Waals surface area (Å²) in [5.41, 5.74) is 3.63. The van der Waals surface area contributed by atoms with Crippen LogP contribution in [0, 0.1) is 0 Å². The molecule has 0 amide bonds. The first-order chi connectivity index (χ1) is 17.4. The predicted molar refractivity (Wildman–Crippen MR) is 133 cm³/mol. The van der Waals surface area contributed by atoms with E-state index in [0.717, 1.165) is 29.0 Å². The van der Waals surface area contributed by atoms with Gasteiger partial charge in [0, 0.05) is 11.4 Å². The Morgan fingerprint density at radius 3 is 2.44 bits per heavy atom. The molecule has 8 heteroatoms. The molecule has 2 aliphatic rings. The molecule has 0 aliphatic carbocycles. The summed E-state index contributed by atoms with van der Waals surface area (Å²) in [6.07, 6.45) is -4.69. The van der Waals surface area contributed by atoms with Gasteiger partial charge in [-0.15, -0.1) is 0 Å². The first-order valence-electron chi connectivity index (χ1n) is 12.0. The maximum atomic E-state index is 10.5. The van der Waals surface area contributed by atoms with E-state index in [1.54, 1.807) is 12.1 Å². The summed E-state index contributed by atoms with van der Waals surface area (Å²) in [5.74, 6) is 1.67. The second-order valence-electron chi connectivity index (χ2n) is 9.28. The fraction of sp³-hybridized carbons (Fsp3) is 0.357. The Bertz CT molecular complexity index is 1160. The lowest BCUT2D eigenvalue weighted by Crippen LogP contribution is -2.55. The summed E-state index contributed by atoms with van der Waals surface area (Å²) in [6.45, 7) is -0.0167. The number of aliphatic hydroxyl groups excluding tert-OH is 4. The highest BCUT2D eigenvalue weighted by Gasteiger charge is 2.44. The average molecular weight is 513 g/mol. The Balaban J connectivity index is 1.22. The van der Waals surface area contributed by atoms with E-state index in [9.17, 15) is 20.4 Å². The molecule has 0 saturated carbocycles. The van der Waals surface area contributed by atoms with Crippen molar-refractivity contribution in [1.29, 1.82) is 0 Å². The Labute approximate surface area is 214 Å². The number of para-hydroxylation sites is 1. The quantitative estimate of drug-likeness (QED) is 0.385. The van der Waals surface area contributed by atoms with E-state index in [2.05, 4.69) is 6.07 Å². The molecule has 1 fully saturated rings. The second kappa shape index (κ2) is 10.8. The van der Waals surface area contributed by atoms with E-state index in [0.29, 0.717) is 23.6 Å². The summed E-state index contributed by atoms with van der Waals surface area (Å²) in [4.78, 5) is 0. The van der Waals surface area contributed by atoms with Crippen LogP contribution in [0.1, 0.15) is 28.4 Å². The Kier molecular flexibility index (Phi) is 7.48. The molecule has 2 aliphatic heterocycles. The fourth-order valence-electron chi connectivity index (χ4n) is 4.74. The molecule has 0 radical (unpaired) electrons. The van der Waals surface area contributed by atoms with Crippen molar-refractivity contribution < 1.29 is 34.6 Å². The maximum absolute atomic E-state index is 10.5. The molecule has 190 valence electrons. The number of hydrogen-bond acceptors (Lipinski definition) is 7. The van der Waals surface area contributed by atoms with Gasteiger partial charge in [0.1, 0.15) is 54.7 Å². The summed E-state index contributed by atoms with van der Waals surface area (Å²) < 4.78 is 17.6. The number of fused-ring (bicyclic) bond motifs is 1. The third kappa shape index (κ3) is 5.22. The number of halogens is 1.